The van der Waals surface area contributed by atoms with Gasteiger partial charge in [-0.1, -0.05) is 6.58 Å². The van der Waals surface area contributed by atoms with E-state index in [1.807, 2.05) is 0 Å². The molecule has 1 saturated heterocycles. The van der Waals surface area contributed by atoms with Crippen LogP contribution in [0.2, 0.25) is 0 Å². The Morgan fingerprint density at radius 2 is 2.12 bits per heavy atom. The highest BCUT2D eigenvalue weighted by Crippen LogP contribution is 2.18. The number of rotatable bonds is 5. The maximum atomic E-state index is 4.17. The quantitative estimate of drug-likeness (QED) is 0.700. The zero-order valence-electron chi connectivity index (χ0n) is 10.7. The van der Waals surface area contributed by atoms with Crippen LogP contribution in [0, 0.1) is 0 Å². The van der Waals surface area contributed by atoms with Crippen molar-refractivity contribution in [3.63, 3.8) is 0 Å². The highest BCUT2D eigenvalue weighted by Gasteiger charge is 2.22. The van der Waals surface area contributed by atoms with E-state index in [-0.39, 0.29) is 0 Å². The zero-order valence-corrected chi connectivity index (χ0v) is 10.7. The van der Waals surface area contributed by atoms with Crippen LogP contribution in [0.15, 0.2) is 12.2 Å². The second-order valence-corrected chi connectivity index (χ2v) is 5.47. The third-order valence-corrected chi connectivity index (χ3v) is 3.71. The van der Waals surface area contributed by atoms with Crippen molar-refractivity contribution in [1.29, 1.82) is 0 Å². The first kappa shape index (κ1) is 12.1. The molecule has 3 nitrogen and oxygen atoms in total. The summed E-state index contributed by atoms with van der Waals surface area (Å²) in [5.41, 5.74) is 1.34. The lowest BCUT2D eigenvalue weighted by Gasteiger charge is -2.38. The van der Waals surface area contributed by atoms with Crippen LogP contribution in [0.25, 0.3) is 0 Å². The maximum absolute atomic E-state index is 4.17. The normalized spacial score (nSPS) is 28.2. The molecule has 1 heterocycles. The monoisotopic (exact) mass is 223 g/mol. The van der Waals surface area contributed by atoms with E-state index in [1.54, 1.807) is 0 Å². The molecule has 2 fully saturated rings. The van der Waals surface area contributed by atoms with E-state index >= 15 is 0 Å². The Kier molecular flexibility index (Phi) is 4.00. The summed E-state index contributed by atoms with van der Waals surface area (Å²) < 4.78 is 0. The molecule has 2 rings (SSSR count). The van der Waals surface area contributed by atoms with Gasteiger partial charge >= 0.3 is 0 Å². The number of nitrogens with zero attached hydrogens (tertiary/aromatic N) is 2. The Bertz CT molecular complexity index is 248. The number of likely N-dealkylation sites (N-methyl/N-ethyl adjacent to an activating group) is 1. The molecule has 1 saturated carbocycles. The summed E-state index contributed by atoms with van der Waals surface area (Å²) in [6, 6.07) is 1.47. The van der Waals surface area contributed by atoms with Crippen molar-refractivity contribution < 1.29 is 0 Å². The first-order valence-electron chi connectivity index (χ1n) is 6.48. The van der Waals surface area contributed by atoms with Crippen molar-refractivity contribution >= 4 is 0 Å². The van der Waals surface area contributed by atoms with Crippen molar-refractivity contribution in [1.82, 2.24) is 15.1 Å². The van der Waals surface area contributed by atoms with Gasteiger partial charge in [0.2, 0.25) is 0 Å². The molecule has 16 heavy (non-hydrogen) atoms. The minimum atomic E-state index is 0.679. The van der Waals surface area contributed by atoms with Crippen LogP contribution in [0.3, 0.4) is 0 Å². The van der Waals surface area contributed by atoms with Gasteiger partial charge in [0, 0.05) is 44.8 Å². The lowest BCUT2D eigenvalue weighted by atomic mass is 10.2. The Labute approximate surface area is 99.5 Å². The van der Waals surface area contributed by atoms with Gasteiger partial charge in [-0.3, -0.25) is 4.90 Å². The van der Waals surface area contributed by atoms with Gasteiger partial charge in [-0.05, 0) is 32.4 Å². The number of piperazine rings is 1. The fourth-order valence-corrected chi connectivity index (χ4v) is 2.22. The van der Waals surface area contributed by atoms with Gasteiger partial charge in [0.1, 0.15) is 0 Å². The van der Waals surface area contributed by atoms with Crippen LogP contribution < -0.4 is 5.32 Å². The fourth-order valence-electron chi connectivity index (χ4n) is 2.22. The molecule has 1 N–H and O–H groups in total. The van der Waals surface area contributed by atoms with Gasteiger partial charge in [0.25, 0.3) is 0 Å². The number of nitrogens with one attached hydrogen (secondary N) is 1. The molecule has 0 aromatic carbocycles. The summed E-state index contributed by atoms with van der Waals surface area (Å²) >= 11 is 0. The van der Waals surface area contributed by atoms with E-state index in [0.717, 1.165) is 19.1 Å². The van der Waals surface area contributed by atoms with Crippen LogP contribution in [0.1, 0.15) is 19.8 Å². The number of hydrogen-bond donors (Lipinski definition) is 1. The van der Waals surface area contributed by atoms with Crippen molar-refractivity contribution in [2.45, 2.75) is 31.8 Å². The molecule has 1 unspecified atom stereocenters. The molecule has 0 aromatic heterocycles. The van der Waals surface area contributed by atoms with Crippen molar-refractivity contribution in [3.05, 3.63) is 12.2 Å². The van der Waals surface area contributed by atoms with E-state index in [1.165, 1.54) is 38.0 Å². The van der Waals surface area contributed by atoms with E-state index in [4.69, 9.17) is 0 Å². The van der Waals surface area contributed by atoms with E-state index < -0.39 is 0 Å². The smallest absolute Gasteiger partial charge is 0.0204 e. The Morgan fingerprint density at radius 3 is 2.75 bits per heavy atom. The van der Waals surface area contributed by atoms with Crippen molar-refractivity contribution in [3.8, 4) is 0 Å². The summed E-state index contributed by atoms with van der Waals surface area (Å²) in [5, 5.41) is 3.53. The summed E-state index contributed by atoms with van der Waals surface area (Å²) in [5.74, 6) is 0. The van der Waals surface area contributed by atoms with E-state index in [2.05, 4.69) is 35.7 Å². The van der Waals surface area contributed by atoms with Crippen molar-refractivity contribution in [2.75, 3.05) is 39.8 Å². The largest absolute Gasteiger partial charge is 0.310 e. The maximum Gasteiger partial charge on any atom is 0.0204 e. The number of hydrogen-bond acceptors (Lipinski definition) is 3. The summed E-state index contributed by atoms with van der Waals surface area (Å²) in [4.78, 5) is 4.96. The van der Waals surface area contributed by atoms with Gasteiger partial charge in [-0.2, -0.15) is 0 Å². The molecule has 0 spiro atoms. The SMILES string of the molecule is C=C(CNC1CC1)CN1CCN(C)C(C)C1. The van der Waals surface area contributed by atoms with E-state index in [9.17, 15) is 0 Å². The molecule has 2 aliphatic rings. The van der Waals surface area contributed by atoms with Gasteiger partial charge in [0.15, 0.2) is 0 Å². The molecule has 3 heteroatoms. The molecule has 1 aliphatic heterocycles. The molecule has 0 bridgehead atoms. The summed E-state index contributed by atoms with van der Waals surface area (Å²) in [6.45, 7) is 12.1. The van der Waals surface area contributed by atoms with Gasteiger partial charge < -0.3 is 10.2 Å². The van der Waals surface area contributed by atoms with Crippen molar-refractivity contribution in [2.24, 2.45) is 0 Å². The third kappa shape index (κ3) is 3.58. The summed E-state index contributed by atoms with van der Waals surface area (Å²) in [7, 11) is 2.21. The molecular formula is C13H25N3. The predicted octanol–water partition coefficient (Wildman–Crippen LogP) is 0.930. The van der Waals surface area contributed by atoms with Crippen LogP contribution in [0.4, 0.5) is 0 Å². The molecule has 1 aliphatic carbocycles. The van der Waals surface area contributed by atoms with Crippen LogP contribution >= 0.6 is 0 Å². The third-order valence-electron chi connectivity index (χ3n) is 3.71. The average molecular weight is 223 g/mol. The Morgan fingerprint density at radius 1 is 1.38 bits per heavy atom. The second kappa shape index (κ2) is 5.30. The molecular weight excluding hydrogens is 198 g/mol. The van der Waals surface area contributed by atoms with Crippen LogP contribution in [0.5, 0.6) is 0 Å². The molecule has 1 atom stereocenters. The Hall–Kier alpha value is -0.380. The minimum Gasteiger partial charge on any atom is -0.310 e. The van der Waals surface area contributed by atoms with Crippen LogP contribution in [-0.4, -0.2) is 61.7 Å². The average Bonchev–Trinajstić information content (AvgIpc) is 3.04. The van der Waals surface area contributed by atoms with Gasteiger partial charge in [0.05, 0.1) is 0 Å². The topological polar surface area (TPSA) is 18.5 Å². The zero-order chi connectivity index (χ0) is 11.5. The summed E-state index contributed by atoms with van der Waals surface area (Å²) in [6.07, 6.45) is 2.72. The molecule has 92 valence electrons. The first-order valence-corrected chi connectivity index (χ1v) is 6.48. The molecule has 0 radical (unpaired) electrons. The standard InChI is InChI=1S/C13H25N3/c1-11(8-14-13-4-5-13)9-16-7-6-15(3)12(2)10-16/h12-14H,1,4-10H2,2-3H3. The van der Waals surface area contributed by atoms with E-state index in [0.29, 0.717) is 6.04 Å². The molecule has 0 amide bonds. The highest BCUT2D eigenvalue weighted by molar-refractivity contribution is 5.02. The van der Waals surface area contributed by atoms with Crippen LogP contribution in [-0.2, 0) is 0 Å². The Balaban J connectivity index is 1.65. The van der Waals surface area contributed by atoms with Gasteiger partial charge in [-0.25, -0.2) is 0 Å². The predicted molar refractivity (Wildman–Crippen MR) is 68.7 cm³/mol. The second-order valence-electron chi connectivity index (χ2n) is 5.47. The first-order chi connectivity index (χ1) is 7.65. The fraction of sp³-hybridized carbons (Fsp3) is 0.846. The minimum absolute atomic E-state index is 0.679. The van der Waals surface area contributed by atoms with Gasteiger partial charge in [-0.15, -0.1) is 0 Å². The highest BCUT2D eigenvalue weighted by atomic mass is 15.3. The lowest BCUT2D eigenvalue weighted by Crippen LogP contribution is -2.50. The lowest BCUT2D eigenvalue weighted by molar-refractivity contribution is 0.112. The molecule has 0 aromatic rings.